The molecule has 6 rings (SSSR count). The average molecular weight is 430 g/mol. The maximum atomic E-state index is 12.7. The highest BCUT2D eigenvalue weighted by Gasteiger charge is 2.30. The van der Waals surface area contributed by atoms with Gasteiger partial charge in [0.05, 0.1) is 0 Å². The van der Waals surface area contributed by atoms with Crippen molar-refractivity contribution in [2.24, 2.45) is 5.92 Å². The topological polar surface area (TPSA) is 74.6 Å². The summed E-state index contributed by atoms with van der Waals surface area (Å²) in [5, 5.41) is 6.05. The number of piperidine rings is 1. The lowest BCUT2D eigenvalue weighted by molar-refractivity contribution is 0.0901. The quantitative estimate of drug-likeness (QED) is 0.630. The van der Waals surface area contributed by atoms with Gasteiger partial charge in [0.2, 0.25) is 0 Å². The molecule has 2 N–H and O–H groups in total. The molecule has 2 amide bonds. The third-order valence-electron chi connectivity index (χ3n) is 6.43. The highest BCUT2D eigenvalue weighted by Crippen LogP contribution is 2.28. The number of anilines is 1. The zero-order chi connectivity index (χ0) is 21.9. The number of hydrogen-bond donors (Lipinski definition) is 2. The molecule has 3 saturated heterocycles. The van der Waals surface area contributed by atoms with Crippen LogP contribution in [0.2, 0.25) is 0 Å². The van der Waals surface area contributed by atoms with E-state index in [2.05, 4.69) is 15.5 Å². The molecule has 6 nitrogen and oxygen atoms in total. The van der Waals surface area contributed by atoms with Gasteiger partial charge < -0.3 is 20.0 Å². The fraction of sp³-hybridized carbons (Fsp3) is 0.308. The predicted octanol–water partition coefficient (Wildman–Crippen LogP) is 4.41. The summed E-state index contributed by atoms with van der Waals surface area (Å²) >= 11 is 0. The SMILES string of the molecule is O=C(Nc1ccc(-c2ccc(C(=O)NC3CC4CCN(CC4)C3)o2)cc1)c1ccccc1. The first-order chi connectivity index (χ1) is 15.6. The molecule has 1 unspecified atom stereocenters. The normalized spacial score (nSPS) is 22.2. The molecule has 1 atom stereocenters. The van der Waals surface area contributed by atoms with Gasteiger partial charge in [-0.25, -0.2) is 0 Å². The molecule has 3 aliphatic heterocycles. The molecule has 3 aliphatic rings. The van der Waals surface area contributed by atoms with Gasteiger partial charge >= 0.3 is 0 Å². The van der Waals surface area contributed by atoms with Gasteiger partial charge in [0, 0.05) is 29.4 Å². The first kappa shape index (κ1) is 20.5. The molecule has 2 aromatic carbocycles. The third kappa shape index (κ3) is 4.60. The zero-order valence-electron chi connectivity index (χ0n) is 17.9. The van der Waals surface area contributed by atoms with Gasteiger partial charge in [-0.1, -0.05) is 18.2 Å². The van der Waals surface area contributed by atoms with Crippen LogP contribution in [0.5, 0.6) is 0 Å². The Kier molecular flexibility index (Phi) is 5.77. The van der Waals surface area contributed by atoms with E-state index < -0.39 is 0 Å². The van der Waals surface area contributed by atoms with Crippen LogP contribution in [-0.4, -0.2) is 42.4 Å². The largest absolute Gasteiger partial charge is 0.451 e. The summed E-state index contributed by atoms with van der Waals surface area (Å²) < 4.78 is 5.85. The van der Waals surface area contributed by atoms with Crippen LogP contribution in [0, 0.1) is 5.92 Å². The molecule has 3 aromatic rings. The molecular weight excluding hydrogens is 402 g/mol. The van der Waals surface area contributed by atoms with Gasteiger partial charge in [0.15, 0.2) is 5.76 Å². The molecule has 1 aromatic heterocycles. The van der Waals surface area contributed by atoms with Crippen molar-refractivity contribution >= 4 is 17.5 Å². The molecule has 4 heterocycles. The second-order valence-electron chi connectivity index (χ2n) is 8.71. The smallest absolute Gasteiger partial charge is 0.287 e. The number of benzene rings is 2. The van der Waals surface area contributed by atoms with Crippen molar-refractivity contribution in [3.05, 3.63) is 78.1 Å². The zero-order valence-corrected chi connectivity index (χ0v) is 17.9. The molecule has 0 radical (unpaired) electrons. The summed E-state index contributed by atoms with van der Waals surface area (Å²) in [4.78, 5) is 27.5. The van der Waals surface area contributed by atoms with Crippen molar-refractivity contribution in [3.63, 3.8) is 0 Å². The van der Waals surface area contributed by atoms with Gasteiger partial charge in [-0.15, -0.1) is 0 Å². The summed E-state index contributed by atoms with van der Waals surface area (Å²) in [5.41, 5.74) is 2.15. The standard InChI is InChI=1S/C26H27N3O3/c30-25(20-4-2-1-3-5-20)27-21-8-6-19(7-9-21)23-10-11-24(32-23)26(31)28-22-16-18-12-14-29(17-22)15-13-18/h1-11,18,22H,12-17H2,(H,27,30)(H,28,31). The van der Waals surface area contributed by atoms with Gasteiger partial charge in [0.25, 0.3) is 11.8 Å². The molecule has 0 saturated carbocycles. The highest BCUT2D eigenvalue weighted by atomic mass is 16.3. The molecule has 32 heavy (non-hydrogen) atoms. The van der Waals surface area contributed by atoms with Gasteiger partial charge in [0.1, 0.15) is 5.76 Å². The fourth-order valence-corrected chi connectivity index (χ4v) is 4.68. The van der Waals surface area contributed by atoms with E-state index in [1.165, 1.54) is 12.8 Å². The van der Waals surface area contributed by atoms with Crippen LogP contribution in [0.1, 0.15) is 40.2 Å². The number of nitrogens with zero attached hydrogens (tertiary/aromatic N) is 1. The van der Waals surface area contributed by atoms with Crippen LogP contribution in [0.4, 0.5) is 5.69 Å². The van der Waals surface area contributed by atoms with Crippen molar-refractivity contribution in [1.82, 2.24) is 10.2 Å². The van der Waals surface area contributed by atoms with Crippen molar-refractivity contribution in [2.75, 3.05) is 25.0 Å². The molecular formula is C26H27N3O3. The van der Waals surface area contributed by atoms with E-state index in [-0.39, 0.29) is 17.9 Å². The Hall–Kier alpha value is -3.38. The van der Waals surface area contributed by atoms with Crippen LogP contribution in [0.3, 0.4) is 0 Å². The number of hydrogen-bond acceptors (Lipinski definition) is 4. The van der Waals surface area contributed by atoms with E-state index in [0.717, 1.165) is 31.6 Å². The number of carbonyl (C=O) groups is 2. The summed E-state index contributed by atoms with van der Waals surface area (Å²) in [5.74, 6) is 1.36. The maximum Gasteiger partial charge on any atom is 0.287 e. The van der Waals surface area contributed by atoms with Gasteiger partial charge in [-0.05, 0) is 86.8 Å². The van der Waals surface area contributed by atoms with Crippen molar-refractivity contribution < 1.29 is 14.0 Å². The van der Waals surface area contributed by atoms with E-state index >= 15 is 0 Å². The van der Waals surface area contributed by atoms with E-state index in [1.807, 2.05) is 48.5 Å². The Balaban J connectivity index is 1.21. The van der Waals surface area contributed by atoms with Crippen LogP contribution in [0.25, 0.3) is 11.3 Å². The summed E-state index contributed by atoms with van der Waals surface area (Å²) in [6.45, 7) is 3.21. The molecule has 2 bridgehead atoms. The minimum atomic E-state index is -0.157. The lowest BCUT2D eigenvalue weighted by atomic mass is 9.94. The Labute approximate surface area is 187 Å². The van der Waals surface area contributed by atoms with Crippen LogP contribution in [0.15, 0.2) is 71.1 Å². The number of nitrogens with one attached hydrogen (secondary N) is 2. The van der Waals surface area contributed by atoms with E-state index in [9.17, 15) is 9.59 Å². The third-order valence-corrected chi connectivity index (χ3v) is 6.43. The van der Waals surface area contributed by atoms with Gasteiger partial charge in [-0.2, -0.15) is 0 Å². The van der Waals surface area contributed by atoms with Crippen LogP contribution >= 0.6 is 0 Å². The molecule has 3 fully saturated rings. The summed E-state index contributed by atoms with van der Waals surface area (Å²) in [6.07, 6.45) is 3.52. The molecule has 164 valence electrons. The molecule has 0 spiro atoms. The Morgan fingerprint density at radius 1 is 0.875 bits per heavy atom. The minimum Gasteiger partial charge on any atom is -0.451 e. The number of rotatable bonds is 5. The summed E-state index contributed by atoms with van der Waals surface area (Å²) in [6, 6.07) is 20.2. The number of fused-ring (bicyclic) bond motifs is 4. The fourth-order valence-electron chi connectivity index (χ4n) is 4.68. The predicted molar refractivity (Wildman–Crippen MR) is 124 cm³/mol. The average Bonchev–Trinajstić information content (AvgIpc) is 3.15. The summed E-state index contributed by atoms with van der Waals surface area (Å²) in [7, 11) is 0. The lowest BCUT2D eigenvalue weighted by Gasteiger charge is -2.26. The molecule has 0 aliphatic carbocycles. The van der Waals surface area contributed by atoms with Crippen LogP contribution < -0.4 is 10.6 Å². The van der Waals surface area contributed by atoms with Gasteiger partial charge in [-0.3, -0.25) is 9.59 Å². The second-order valence-corrected chi connectivity index (χ2v) is 8.71. The number of amides is 2. The second kappa shape index (κ2) is 9.01. The first-order valence-electron chi connectivity index (χ1n) is 11.2. The maximum absolute atomic E-state index is 12.7. The van der Waals surface area contributed by atoms with E-state index in [1.54, 1.807) is 18.2 Å². The van der Waals surface area contributed by atoms with Crippen molar-refractivity contribution in [2.45, 2.75) is 25.3 Å². The lowest BCUT2D eigenvalue weighted by Crippen LogP contribution is -2.41. The first-order valence-corrected chi connectivity index (χ1v) is 11.2. The van der Waals surface area contributed by atoms with E-state index in [4.69, 9.17) is 4.42 Å². The minimum absolute atomic E-state index is 0.154. The Morgan fingerprint density at radius 3 is 2.38 bits per heavy atom. The Morgan fingerprint density at radius 2 is 1.62 bits per heavy atom. The highest BCUT2D eigenvalue weighted by molar-refractivity contribution is 6.04. The van der Waals surface area contributed by atoms with E-state index in [0.29, 0.717) is 28.7 Å². The number of furan rings is 1. The monoisotopic (exact) mass is 429 g/mol. The van der Waals surface area contributed by atoms with Crippen molar-refractivity contribution in [1.29, 1.82) is 0 Å². The van der Waals surface area contributed by atoms with Crippen molar-refractivity contribution in [3.8, 4) is 11.3 Å². The number of carbonyl (C=O) groups excluding carboxylic acids is 2. The van der Waals surface area contributed by atoms with Crippen LogP contribution in [-0.2, 0) is 0 Å². The molecule has 6 heteroatoms. The Bertz CT molecular complexity index is 1070.